The van der Waals surface area contributed by atoms with Crippen LogP contribution in [0.5, 0.6) is 0 Å². The summed E-state index contributed by atoms with van der Waals surface area (Å²) in [5, 5.41) is 20.3. The first-order valence-corrected chi connectivity index (χ1v) is 17.3. The minimum absolute atomic E-state index is 0.138. The number of hydrogen-bond acceptors (Lipinski definition) is 7. The van der Waals surface area contributed by atoms with Crippen LogP contribution in [0.25, 0.3) is 16.5 Å². The third-order valence-electron chi connectivity index (χ3n) is 8.33. The molecule has 6 aromatic carbocycles. The summed E-state index contributed by atoms with van der Waals surface area (Å²) in [6.45, 7) is 1.89. The summed E-state index contributed by atoms with van der Waals surface area (Å²) in [5.74, 6) is 0.646. The van der Waals surface area contributed by atoms with Gasteiger partial charge < -0.3 is 0 Å². The Morgan fingerprint density at radius 3 is 1.77 bits per heavy atom. The number of fused-ring (bicyclic) bond motifs is 1. The second kappa shape index (κ2) is 16.4. The number of aryl methyl sites for hydroxylation is 1. The van der Waals surface area contributed by atoms with Crippen molar-refractivity contribution in [2.45, 2.75) is 6.92 Å². The highest BCUT2D eigenvalue weighted by molar-refractivity contribution is 6.34. The number of nitrogens with one attached hydrogen (secondary N) is 3. The van der Waals surface area contributed by atoms with Gasteiger partial charge >= 0.3 is 0 Å². The van der Waals surface area contributed by atoms with Crippen LogP contribution in [0.2, 0.25) is 5.15 Å². The Morgan fingerprint density at radius 2 is 1.17 bits per heavy atom. The summed E-state index contributed by atoms with van der Waals surface area (Å²) in [7, 11) is 0. The van der Waals surface area contributed by atoms with Gasteiger partial charge in [0.25, 0.3) is 5.56 Å². The lowest BCUT2D eigenvalue weighted by Crippen LogP contribution is -2.25. The van der Waals surface area contributed by atoms with Gasteiger partial charge in [-0.25, -0.2) is 4.68 Å². The lowest BCUT2D eigenvalue weighted by Gasteiger charge is -2.26. The molecule has 0 aliphatic rings. The molecule has 2 aromatic heterocycles. The maximum atomic E-state index is 13.2. The molecular formula is C43H35ClN8O. The van der Waals surface area contributed by atoms with Gasteiger partial charge in [0, 0.05) is 22.0 Å². The average Bonchev–Trinajstić information content (AvgIpc) is 3.52. The largest absolute Gasteiger partial charge is 0.295 e. The molecule has 0 aliphatic heterocycles. The number of anilines is 4. The highest BCUT2D eigenvalue weighted by atomic mass is 35.5. The van der Waals surface area contributed by atoms with Crippen LogP contribution in [0.1, 0.15) is 16.8 Å². The summed E-state index contributed by atoms with van der Waals surface area (Å²) in [4.78, 5) is 13.2. The highest BCUT2D eigenvalue weighted by Crippen LogP contribution is 2.30. The van der Waals surface area contributed by atoms with Crippen molar-refractivity contribution >= 4 is 51.0 Å². The summed E-state index contributed by atoms with van der Waals surface area (Å²) < 4.78 is 1.55. The van der Waals surface area contributed by atoms with Crippen molar-refractivity contribution in [3.8, 4) is 5.69 Å². The minimum atomic E-state index is -0.138. The first-order valence-electron chi connectivity index (χ1n) is 17.0. The zero-order chi connectivity index (χ0) is 36.4. The monoisotopic (exact) mass is 714 g/mol. The molecule has 0 radical (unpaired) electrons. The van der Waals surface area contributed by atoms with Crippen LogP contribution in [-0.2, 0) is 0 Å². The standard InChI is InChI=1S/C23H20N4O.C20H15ClN4/c1-17-21(23(28)27(26-17)20-15-9-4-10-16-20)22(18-11-5-2-6-12-18)25-24-19-13-7-3-8-14-19;21-19-17-13-7-8-14-18(17)20(23-22-19)24-25(15-9-3-1-4-10-15)16-11-5-2-6-12-16/h2-16,24,26H,1H3;1-14H,(H,23,24). The van der Waals surface area contributed by atoms with Gasteiger partial charge in [-0.15, -0.1) is 10.2 Å². The zero-order valence-corrected chi connectivity index (χ0v) is 29.5. The van der Waals surface area contributed by atoms with E-state index in [9.17, 15) is 4.79 Å². The summed E-state index contributed by atoms with van der Waals surface area (Å²) in [6, 6.07) is 56.8. The van der Waals surface area contributed by atoms with Crippen molar-refractivity contribution in [3.63, 3.8) is 0 Å². The van der Waals surface area contributed by atoms with Crippen LogP contribution >= 0.6 is 11.6 Å². The quantitative estimate of drug-likeness (QED) is 0.102. The number of halogens is 1. The molecule has 0 amide bonds. The number of H-pyrrole nitrogens is 1. The van der Waals surface area contributed by atoms with Crippen molar-refractivity contribution < 1.29 is 0 Å². The van der Waals surface area contributed by atoms with Gasteiger partial charge in [0.05, 0.1) is 28.3 Å². The van der Waals surface area contributed by atoms with Gasteiger partial charge in [-0.2, -0.15) is 5.10 Å². The Balaban J connectivity index is 0.000000165. The Labute approximate surface area is 311 Å². The number of aromatic nitrogens is 4. The Kier molecular flexibility index (Phi) is 10.6. The molecule has 0 spiro atoms. The molecule has 3 N–H and O–H groups in total. The van der Waals surface area contributed by atoms with Crippen LogP contribution in [0.3, 0.4) is 0 Å². The molecule has 0 unspecified atom stereocenters. The molecular weight excluding hydrogens is 680 g/mol. The van der Waals surface area contributed by atoms with Crippen molar-refractivity contribution in [2.24, 2.45) is 5.10 Å². The fraction of sp³-hybridized carbons (Fsp3) is 0.0233. The molecule has 0 atom stereocenters. The molecule has 8 rings (SSSR count). The van der Waals surface area contributed by atoms with Crippen LogP contribution < -0.4 is 21.4 Å². The molecule has 10 heteroatoms. The van der Waals surface area contributed by atoms with E-state index in [-0.39, 0.29) is 5.56 Å². The van der Waals surface area contributed by atoms with Gasteiger partial charge in [-0.3, -0.25) is 25.8 Å². The third-order valence-corrected chi connectivity index (χ3v) is 8.61. The second-order valence-electron chi connectivity index (χ2n) is 11.9. The lowest BCUT2D eigenvalue weighted by atomic mass is 10.0. The first-order chi connectivity index (χ1) is 26.1. The number of hydrogen-bond donors (Lipinski definition) is 3. The lowest BCUT2D eigenvalue weighted by molar-refractivity contribution is 0.835. The number of rotatable bonds is 9. The van der Waals surface area contributed by atoms with Gasteiger partial charge in [-0.1, -0.05) is 139 Å². The number of hydrazine groups is 1. The molecule has 2 heterocycles. The van der Waals surface area contributed by atoms with Crippen LogP contribution in [0.4, 0.5) is 22.9 Å². The third kappa shape index (κ3) is 8.01. The first kappa shape index (κ1) is 34.5. The van der Waals surface area contributed by atoms with Gasteiger partial charge in [-0.05, 0) is 55.5 Å². The summed E-state index contributed by atoms with van der Waals surface area (Å²) >= 11 is 6.18. The topological polar surface area (TPSA) is 103 Å². The number of nitrogens with zero attached hydrogens (tertiary/aromatic N) is 5. The Bertz CT molecular complexity index is 2450. The van der Waals surface area contributed by atoms with E-state index in [0.717, 1.165) is 44.8 Å². The molecule has 0 fully saturated rings. The van der Waals surface area contributed by atoms with E-state index in [0.29, 0.717) is 22.2 Å². The van der Waals surface area contributed by atoms with Gasteiger partial charge in [0.1, 0.15) is 5.71 Å². The molecule has 53 heavy (non-hydrogen) atoms. The van der Waals surface area contributed by atoms with Crippen molar-refractivity contribution in [3.05, 3.63) is 208 Å². The fourth-order valence-electron chi connectivity index (χ4n) is 5.77. The number of hydrazone groups is 1. The van der Waals surface area contributed by atoms with E-state index in [1.54, 1.807) is 4.68 Å². The van der Waals surface area contributed by atoms with E-state index >= 15 is 0 Å². The second-order valence-corrected chi connectivity index (χ2v) is 12.3. The molecule has 260 valence electrons. The smallest absolute Gasteiger partial charge is 0.281 e. The maximum Gasteiger partial charge on any atom is 0.281 e. The number of para-hydroxylation sites is 4. The number of aromatic amines is 1. The predicted octanol–water partition coefficient (Wildman–Crippen LogP) is 9.79. The van der Waals surface area contributed by atoms with Crippen molar-refractivity contribution in [2.75, 3.05) is 15.9 Å². The Hall–Kier alpha value is -6.97. The maximum absolute atomic E-state index is 13.2. The Morgan fingerprint density at radius 1 is 0.660 bits per heavy atom. The zero-order valence-electron chi connectivity index (χ0n) is 28.8. The van der Waals surface area contributed by atoms with Crippen LogP contribution in [-0.4, -0.2) is 25.7 Å². The van der Waals surface area contributed by atoms with Gasteiger partial charge in [0.2, 0.25) is 0 Å². The van der Waals surface area contributed by atoms with Crippen molar-refractivity contribution in [1.29, 1.82) is 0 Å². The van der Waals surface area contributed by atoms with E-state index in [1.165, 1.54) is 0 Å². The predicted molar refractivity (Wildman–Crippen MR) is 216 cm³/mol. The van der Waals surface area contributed by atoms with Crippen molar-refractivity contribution in [1.82, 2.24) is 20.0 Å². The molecule has 8 aromatic rings. The van der Waals surface area contributed by atoms with Crippen LogP contribution in [0, 0.1) is 6.92 Å². The number of benzene rings is 6. The molecule has 0 saturated heterocycles. The summed E-state index contributed by atoms with van der Waals surface area (Å²) in [5.41, 5.74) is 12.7. The van der Waals surface area contributed by atoms with E-state index < -0.39 is 0 Å². The van der Waals surface area contributed by atoms with E-state index in [1.807, 2.05) is 188 Å². The molecule has 0 bridgehead atoms. The SMILES string of the molecule is Cc1[nH]n(-c2ccccc2)c(=O)c1C(=NNc1ccccc1)c1ccccc1.Clc1nnc(NN(c2ccccc2)c2ccccc2)c2ccccc12. The molecule has 0 aliphatic carbocycles. The fourth-order valence-corrected chi connectivity index (χ4v) is 5.97. The minimum Gasteiger partial charge on any atom is -0.295 e. The van der Waals surface area contributed by atoms with E-state index in [2.05, 4.69) is 31.2 Å². The molecule has 0 saturated carbocycles. The highest BCUT2D eigenvalue weighted by Gasteiger charge is 2.20. The van der Waals surface area contributed by atoms with Gasteiger partial charge in [0.15, 0.2) is 11.0 Å². The normalized spacial score (nSPS) is 11.0. The molecule has 9 nitrogen and oxygen atoms in total. The van der Waals surface area contributed by atoms with Crippen LogP contribution in [0.15, 0.2) is 186 Å². The average molecular weight is 715 g/mol. The van der Waals surface area contributed by atoms with E-state index in [4.69, 9.17) is 11.6 Å². The summed E-state index contributed by atoms with van der Waals surface area (Å²) in [6.07, 6.45) is 0.